The molecular formula is C12H15Cl5O7. The molecule has 0 aliphatic rings. The molecule has 1 aromatic carbocycles. The van der Waals surface area contributed by atoms with Crippen molar-refractivity contribution >= 4 is 58.0 Å². The van der Waals surface area contributed by atoms with E-state index in [1.807, 2.05) is 0 Å². The van der Waals surface area contributed by atoms with Crippen molar-refractivity contribution in [3.63, 3.8) is 0 Å². The van der Waals surface area contributed by atoms with Crippen molar-refractivity contribution < 1.29 is 35.7 Å². The second-order valence-electron chi connectivity index (χ2n) is 4.40. The lowest BCUT2D eigenvalue weighted by Crippen LogP contribution is -2.46. The first-order valence-corrected chi connectivity index (χ1v) is 8.04. The van der Waals surface area contributed by atoms with Crippen LogP contribution in [0, 0.1) is 0 Å². The highest BCUT2D eigenvalue weighted by Crippen LogP contribution is 2.47. The summed E-state index contributed by atoms with van der Waals surface area (Å²) in [6.45, 7) is -1.45. The van der Waals surface area contributed by atoms with Gasteiger partial charge in [-0.1, -0.05) is 58.0 Å². The summed E-state index contributed by atoms with van der Waals surface area (Å²) in [6.07, 6.45) is -6.39. The van der Waals surface area contributed by atoms with Gasteiger partial charge in [0, 0.05) is 0 Å². The fourth-order valence-electron chi connectivity index (χ4n) is 1.26. The molecule has 1 aromatic rings. The average molecular weight is 449 g/mol. The van der Waals surface area contributed by atoms with Crippen LogP contribution in [0.15, 0.2) is 0 Å². The summed E-state index contributed by atoms with van der Waals surface area (Å²) in [5, 5.41) is 61.2. The molecular weight excluding hydrogens is 433 g/mol. The van der Waals surface area contributed by atoms with E-state index in [9.17, 15) is 5.11 Å². The number of hydrogen-bond acceptors (Lipinski definition) is 7. The zero-order valence-electron chi connectivity index (χ0n) is 11.7. The molecule has 24 heavy (non-hydrogen) atoms. The van der Waals surface area contributed by atoms with Gasteiger partial charge in [0.1, 0.15) is 34.5 Å². The lowest BCUT2D eigenvalue weighted by molar-refractivity contribution is -0.123. The fraction of sp³-hybridized carbons (Fsp3) is 0.500. The van der Waals surface area contributed by atoms with Crippen LogP contribution < -0.4 is 0 Å². The number of aliphatic hydroxyl groups excluding tert-OH is 6. The van der Waals surface area contributed by atoms with E-state index in [1.165, 1.54) is 0 Å². The zero-order valence-corrected chi connectivity index (χ0v) is 15.5. The van der Waals surface area contributed by atoms with E-state index < -0.39 is 37.6 Å². The molecule has 0 bridgehead atoms. The van der Waals surface area contributed by atoms with Crippen LogP contribution in [0.1, 0.15) is 0 Å². The Morgan fingerprint density at radius 3 is 1.08 bits per heavy atom. The summed E-state index contributed by atoms with van der Waals surface area (Å²) in [4.78, 5) is 0. The van der Waals surface area contributed by atoms with Crippen LogP contribution in [-0.2, 0) is 0 Å². The predicted molar refractivity (Wildman–Crippen MR) is 91.4 cm³/mol. The minimum absolute atomic E-state index is 0.00904. The van der Waals surface area contributed by atoms with Gasteiger partial charge >= 0.3 is 0 Å². The van der Waals surface area contributed by atoms with Gasteiger partial charge in [-0.15, -0.1) is 0 Å². The zero-order chi connectivity index (χ0) is 19.2. The maximum absolute atomic E-state index is 9.20. The topological polar surface area (TPSA) is 142 Å². The Balaban J connectivity index is 0.000000441. The Morgan fingerprint density at radius 2 is 0.833 bits per heavy atom. The van der Waals surface area contributed by atoms with E-state index in [1.54, 1.807) is 0 Å². The molecule has 0 unspecified atom stereocenters. The summed E-state index contributed by atoms with van der Waals surface area (Å²) >= 11 is 27.9. The first-order chi connectivity index (χ1) is 11.0. The molecule has 12 heteroatoms. The molecule has 7 nitrogen and oxygen atoms in total. The Kier molecular flexibility index (Phi) is 11.2. The van der Waals surface area contributed by atoms with Crippen molar-refractivity contribution in [2.24, 2.45) is 0 Å². The molecule has 140 valence electrons. The Labute approximate surface area is 162 Å². The lowest BCUT2D eigenvalue weighted by atomic mass is 10.0. The van der Waals surface area contributed by atoms with Crippen molar-refractivity contribution in [2.45, 2.75) is 24.4 Å². The molecule has 0 saturated carbocycles. The number of benzene rings is 1. The third-order valence-electron chi connectivity index (χ3n) is 2.70. The van der Waals surface area contributed by atoms with Crippen LogP contribution in [0.3, 0.4) is 0 Å². The average Bonchev–Trinajstić information content (AvgIpc) is 2.60. The second-order valence-corrected chi connectivity index (χ2v) is 6.29. The third kappa shape index (κ3) is 6.19. The van der Waals surface area contributed by atoms with Crippen LogP contribution in [0.25, 0.3) is 0 Å². The number of phenols is 1. The molecule has 0 saturated heterocycles. The molecule has 7 N–H and O–H groups in total. The highest BCUT2D eigenvalue weighted by Gasteiger charge is 2.29. The summed E-state index contributed by atoms with van der Waals surface area (Å²) in [5.41, 5.74) is 0. The van der Waals surface area contributed by atoms with E-state index in [2.05, 4.69) is 0 Å². The molecule has 0 aromatic heterocycles. The summed E-state index contributed by atoms with van der Waals surface area (Å²) < 4.78 is 0. The molecule has 4 atom stereocenters. The highest BCUT2D eigenvalue weighted by molar-refractivity contribution is 6.55. The number of rotatable bonds is 5. The molecule has 0 heterocycles. The van der Waals surface area contributed by atoms with Crippen molar-refractivity contribution in [1.29, 1.82) is 0 Å². The smallest absolute Gasteiger partial charge is 0.155 e. The van der Waals surface area contributed by atoms with E-state index in [0.29, 0.717) is 0 Å². The van der Waals surface area contributed by atoms with Gasteiger partial charge in [0.2, 0.25) is 0 Å². The Morgan fingerprint density at radius 1 is 0.583 bits per heavy atom. The van der Waals surface area contributed by atoms with Crippen LogP contribution >= 0.6 is 58.0 Å². The van der Waals surface area contributed by atoms with Crippen molar-refractivity contribution in [1.82, 2.24) is 0 Å². The third-order valence-corrected chi connectivity index (χ3v) is 4.96. The largest absolute Gasteiger partial charge is 0.505 e. The van der Waals surface area contributed by atoms with Crippen LogP contribution in [0.5, 0.6) is 5.75 Å². The standard InChI is InChI=1S/C6HCl5O.C6H14O6/c7-1-2(8)4(10)6(12)5(11)3(1)9;7-1-3(9)5(11)6(12)4(10)2-8/h12H;3-12H,1-2H2/t;3-,4-,5-,6-/m.1/s1. The van der Waals surface area contributed by atoms with Crippen molar-refractivity contribution in [2.75, 3.05) is 13.2 Å². The monoisotopic (exact) mass is 446 g/mol. The highest BCUT2D eigenvalue weighted by atomic mass is 35.5. The quantitative estimate of drug-likeness (QED) is 0.264. The fourth-order valence-corrected chi connectivity index (χ4v) is 2.39. The summed E-state index contributed by atoms with van der Waals surface area (Å²) in [6, 6.07) is 0. The number of aliphatic hydroxyl groups is 6. The van der Waals surface area contributed by atoms with Crippen molar-refractivity contribution in [3.8, 4) is 5.75 Å². The van der Waals surface area contributed by atoms with Gasteiger partial charge in [-0.25, -0.2) is 0 Å². The van der Waals surface area contributed by atoms with Gasteiger partial charge in [0.25, 0.3) is 0 Å². The van der Waals surface area contributed by atoms with E-state index in [4.69, 9.17) is 88.6 Å². The maximum Gasteiger partial charge on any atom is 0.155 e. The molecule has 1 rings (SSSR count). The van der Waals surface area contributed by atoms with E-state index in [0.717, 1.165) is 0 Å². The Bertz CT molecular complexity index is 426. The van der Waals surface area contributed by atoms with Crippen LogP contribution in [-0.4, -0.2) is 73.4 Å². The van der Waals surface area contributed by atoms with Crippen LogP contribution in [0.4, 0.5) is 0 Å². The summed E-state index contributed by atoms with van der Waals surface area (Å²) in [7, 11) is 0. The molecule has 0 spiro atoms. The number of phenolic OH excluding ortho intramolecular Hbond substituents is 1. The van der Waals surface area contributed by atoms with E-state index in [-0.39, 0.29) is 30.9 Å². The first-order valence-electron chi connectivity index (χ1n) is 6.15. The van der Waals surface area contributed by atoms with Gasteiger partial charge in [-0.3, -0.25) is 0 Å². The van der Waals surface area contributed by atoms with Gasteiger partial charge < -0.3 is 35.7 Å². The van der Waals surface area contributed by atoms with Gasteiger partial charge in [0.05, 0.1) is 28.3 Å². The lowest BCUT2D eigenvalue weighted by Gasteiger charge is -2.24. The molecule has 0 radical (unpaired) electrons. The van der Waals surface area contributed by atoms with Gasteiger partial charge in [-0.05, 0) is 0 Å². The molecule has 0 amide bonds. The normalized spacial score (nSPS) is 16.0. The Hall–Kier alpha value is 0.230. The minimum Gasteiger partial charge on any atom is -0.505 e. The second kappa shape index (κ2) is 11.1. The molecule has 0 aliphatic heterocycles. The summed E-state index contributed by atoms with van der Waals surface area (Å²) in [5.74, 6) is -0.363. The minimum atomic E-state index is -1.67. The maximum atomic E-state index is 9.20. The van der Waals surface area contributed by atoms with Gasteiger partial charge in [0.15, 0.2) is 5.75 Å². The molecule has 0 aliphatic carbocycles. The van der Waals surface area contributed by atoms with Crippen LogP contribution in [0.2, 0.25) is 25.1 Å². The number of hydrogen-bond donors (Lipinski definition) is 7. The number of halogens is 5. The predicted octanol–water partition coefficient (Wildman–Crippen LogP) is 1.07. The number of aromatic hydroxyl groups is 1. The first kappa shape index (κ1) is 24.2. The van der Waals surface area contributed by atoms with E-state index >= 15 is 0 Å². The van der Waals surface area contributed by atoms with Crippen molar-refractivity contribution in [3.05, 3.63) is 25.1 Å². The van der Waals surface area contributed by atoms with Gasteiger partial charge in [-0.2, -0.15) is 0 Å². The SMILES string of the molecule is OC[C@@H](O)[C@@H](O)[C@H](O)[C@H](O)CO.Oc1c(Cl)c(Cl)c(Cl)c(Cl)c1Cl. The molecule has 0 fully saturated rings.